The second kappa shape index (κ2) is 7.40. The first-order chi connectivity index (χ1) is 10.6. The van der Waals surface area contributed by atoms with Gasteiger partial charge >= 0.3 is 11.7 Å². The van der Waals surface area contributed by atoms with Gasteiger partial charge in [0.25, 0.3) is 5.56 Å². The number of hydrogen-bond donors (Lipinski definition) is 1. The van der Waals surface area contributed by atoms with Crippen molar-refractivity contribution >= 4 is 5.97 Å². The number of unbranched alkanes of at least 4 members (excludes halogenated alkanes) is 1. The van der Waals surface area contributed by atoms with Crippen LogP contribution in [0.25, 0.3) is 0 Å². The van der Waals surface area contributed by atoms with Crippen molar-refractivity contribution in [1.82, 2.24) is 9.55 Å². The maximum absolute atomic E-state index is 11.8. The van der Waals surface area contributed by atoms with Crippen LogP contribution < -0.4 is 11.2 Å². The summed E-state index contributed by atoms with van der Waals surface area (Å²) in [6.45, 7) is 2.77. The van der Waals surface area contributed by atoms with Crippen LogP contribution in [0.4, 0.5) is 0 Å². The highest BCUT2D eigenvalue weighted by molar-refractivity contribution is 5.89. The third-order valence-electron chi connectivity index (χ3n) is 3.17. The molecule has 1 heterocycles. The Morgan fingerprint density at radius 1 is 1.18 bits per heavy atom. The minimum atomic E-state index is -0.462. The summed E-state index contributed by atoms with van der Waals surface area (Å²) >= 11 is 0. The van der Waals surface area contributed by atoms with Crippen molar-refractivity contribution in [2.24, 2.45) is 0 Å². The number of carbonyl (C=O) groups excluding carboxylic acids is 1. The second-order valence-electron chi connectivity index (χ2n) is 4.92. The summed E-state index contributed by atoms with van der Waals surface area (Å²) in [6, 6.07) is 8.14. The van der Waals surface area contributed by atoms with E-state index in [-0.39, 0.29) is 5.97 Å². The van der Waals surface area contributed by atoms with Crippen LogP contribution in [0.3, 0.4) is 0 Å². The molecule has 2 aromatic rings. The maximum Gasteiger partial charge on any atom is 0.338 e. The molecule has 6 nitrogen and oxygen atoms in total. The fourth-order valence-electron chi connectivity index (χ4n) is 1.90. The minimum Gasteiger partial charge on any atom is -0.462 e. The van der Waals surface area contributed by atoms with Crippen molar-refractivity contribution in [2.75, 3.05) is 6.61 Å². The molecule has 1 N–H and O–H groups in total. The van der Waals surface area contributed by atoms with Gasteiger partial charge in [-0.3, -0.25) is 14.3 Å². The van der Waals surface area contributed by atoms with E-state index in [1.165, 1.54) is 16.8 Å². The number of hydrogen-bond acceptors (Lipinski definition) is 4. The van der Waals surface area contributed by atoms with E-state index >= 15 is 0 Å². The van der Waals surface area contributed by atoms with Crippen LogP contribution in [0.15, 0.2) is 46.1 Å². The van der Waals surface area contributed by atoms with Crippen LogP contribution in [0.5, 0.6) is 0 Å². The van der Waals surface area contributed by atoms with Gasteiger partial charge in [-0.2, -0.15) is 0 Å². The van der Waals surface area contributed by atoms with Gasteiger partial charge in [-0.05, 0) is 24.1 Å². The van der Waals surface area contributed by atoms with Crippen molar-refractivity contribution in [2.45, 2.75) is 26.3 Å². The molecule has 1 aromatic heterocycles. The molecule has 6 heteroatoms. The third kappa shape index (κ3) is 4.18. The number of ether oxygens (including phenoxy) is 1. The van der Waals surface area contributed by atoms with Gasteiger partial charge in [0, 0.05) is 12.3 Å². The zero-order valence-electron chi connectivity index (χ0n) is 12.4. The lowest BCUT2D eigenvalue weighted by Gasteiger charge is -2.07. The molecule has 0 amide bonds. The number of nitrogens with one attached hydrogen (secondary N) is 1. The van der Waals surface area contributed by atoms with Gasteiger partial charge in [-0.15, -0.1) is 0 Å². The standard InChI is InChI=1S/C16H18N2O4/c1-2-3-10-22-15(20)13-6-4-12(5-7-13)11-18-9-8-14(19)17-16(18)21/h4-9H,2-3,10-11H2,1H3,(H,17,19,21). The van der Waals surface area contributed by atoms with E-state index in [0.717, 1.165) is 18.4 Å². The molecular formula is C16H18N2O4. The number of aromatic nitrogens is 2. The third-order valence-corrected chi connectivity index (χ3v) is 3.17. The molecule has 0 aliphatic heterocycles. The molecule has 0 aliphatic rings. The Morgan fingerprint density at radius 2 is 1.91 bits per heavy atom. The summed E-state index contributed by atoms with van der Waals surface area (Å²) < 4.78 is 6.51. The Bertz CT molecular complexity index is 744. The highest BCUT2D eigenvalue weighted by Crippen LogP contribution is 2.07. The van der Waals surface area contributed by atoms with Gasteiger partial charge in [0.1, 0.15) is 0 Å². The van der Waals surface area contributed by atoms with Crippen molar-refractivity contribution in [3.8, 4) is 0 Å². The zero-order chi connectivity index (χ0) is 15.9. The second-order valence-corrected chi connectivity index (χ2v) is 4.92. The lowest BCUT2D eigenvalue weighted by Crippen LogP contribution is -2.28. The SMILES string of the molecule is CCCCOC(=O)c1ccc(Cn2ccc(=O)[nH]c2=O)cc1. The largest absolute Gasteiger partial charge is 0.462 e. The summed E-state index contributed by atoms with van der Waals surface area (Å²) in [5.41, 5.74) is 0.440. The molecular weight excluding hydrogens is 284 g/mol. The number of aromatic amines is 1. The molecule has 0 radical (unpaired) electrons. The number of H-pyrrole nitrogens is 1. The van der Waals surface area contributed by atoms with Crippen molar-refractivity contribution in [3.05, 3.63) is 68.5 Å². The predicted molar refractivity (Wildman–Crippen MR) is 82.1 cm³/mol. The van der Waals surface area contributed by atoms with Crippen LogP contribution in [0.2, 0.25) is 0 Å². The topological polar surface area (TPSA) is 81.2 Å². The molecule has 0 aliphatic carbocycles. The molecule has 116 valence electrons. The van der Waals surface area contributed by atoms with Crippen LogP contribution >= 0.6 is 0 Å². The Hall–Kier alpha value is -2.63. The van der Waals surface area contributed by atoms with E-state index < -0.39 is 11.2 Å². The van der Waals surface area contributed by atoms with E-state index in [2.05, 4.69) is 4.98 Å². The summed E-state index contributed by atoms with van der Waals surface area (Å²) in [5.74, 6) is -0.346. The van der Waals surface area contributed by atoms with E-state index in [1.54, 1.807) is 24.3 Å². The number of nitrogens with zero attached hydrogens (tertiary/aromatic N) is 1. The summed E-state index contributed by atoms with van der Waals surface area (Å²) in [5, 5.41) is 0. The monoisotopic (exact) mass is 302 g/mol. The zero-order valence-corrected chi connectivity index (χ0v) is 12.4. The normalized spacial score (nSPS) is 10.4. The van der Waals surface area contributed by atoms with Crippen LogP contribution in [-0.2, 0) is 11.3 Å². The fourth-order valence-corrected chi connectivity index (χ4v) is 1.90. The molecule has 1 aromatic carbocycles. The highest BCUT2D eigenvalue weighted by Gasteiger charge is 2.07. The molecule has 0 saturated heterocycles. The van der Waals surface area contributed by atoms with E-state index in [4.69, 9.17) is 4.74 Å². The Labute approximate surface area is 127 Å². The van der Waals surface area contributed by atoms with Crippen LogP contribution in [0.1, 0.15) is 35.7 Å². The Balaban J connectivity index is 2.04. The first kappa shape index (κ1) is 15.8. The van der Waals surface area contributed by atoms with Crippen LogP contribution in [-0.4, -0.2) is 22.1 Å². The number of rotatable bonds is 6. The molecule has 0 bridgehead atoms. The van der Waals surface area contributed by atoms with Crippen LogP contribution in [0, 0.1) is 0 Å². The van der Waals surface area contributed by atoms with Crippen molar-refractivity contribution < 1.29 is 9.53 Å². The lowest BCUT2D eigenvalue weighted by molar-refractivity contribution is 0.0499. The quantitative estimate of drug-likeness (QED) is 0.648. The summed E-state index contributed by atoms with van der Waals surface area (Å²) in [7, 11) is 0. The minimum absolute atomic E-state index is 0.320. The van der Waals surface area contributed by atoms with Gasteiger partial charge in [0.05, 0.1) is 18.7 Å². The van der Waals surface area contributed by atoms with Gasteiger partial charge in [0.2, 0.25) is 0 Å². The summed E-state index contributed by atoms with van der Waals surface area (Å²) in [6.07, 6.45) is 3.26. The Morgan fingerprint density at radius 3 is 2.55 bits per heavy atom. The molecule has 0 atom stereocenters. The molecule has 0 spiro atoms. The van der Waals surface area contributed by atoms with E-state index in [1.807, 2.05) is 6.92 Å². The van der Waals surface area contributed by atoms with Gasteiger partial charge < -0.3 is 4.74 Å². The molecule has 2 rings (SSSR count). The van der Waals surface area contributed by atoms with E-state index in [9.17, 15) is 14.4 Å². The van der Waals surface area contributed by atoms with Gasteiger partial charge in [0.15, 0.2) is 0 Å². The molecule has 0 fully saturated rings. The van der Waals surface area contributed by atoms with Crippen molar-refractivity contribution in [1.29, 1.82) is 0 Å². The highest BCUT2D eigenvalue weighted by atomic mass is 16.5. The number of carbonyl (C=O) groups is 1. The predicted octanol–water partition coefficient (Wildman–Crippen LogP) is 1.54. The van der Waals surface area contributed by atoms with Crippen molar-refractivity contribution in [3.63, 3.8) is 0 Å². The number of benzene rings is 1. The first-order valence-corrected chi connectivity index (χ1v) is 7.16. The van der Waals surface area contributed by atoms with Gasteiger partial charge in [-0.25, -0.2) is 9.59 Å². The average molecular weight is 302 g/mol. The van der Waals surface area contributed by atoms with Gasteiger partial charge in [-0.1, -0.05) is 25.5 Å². The van der Waals surface area contributed by atoms with E-state index in [0.29, 0.717) is 18.7 Å². The average Bonchev–Trinajstić information content (AvgIpc) is 2.51. The molecule has 0 saturated carbocycles. The first-order valence-electron chi connectivity index (χ1n) is 7.16. The maximum atomic E-state index is 11.8. The lowest BCUT2D eigenvalue weighted by atomic mass is 10.1. The molecule has 0 unspecified atom stereocenters. The fraction of sp³-hybridized carbons (Fsp3) is 0.312. The Kier molecular flexibility index (Phi) is 5.30. The summed E-state index contributed by atoms with van der Waals surface area (Å²) in [4.78, 5) is 36.6. The molecule has 22 heavy (non-hydrogen) atoms. The number of esters is 1. The smallest absolute Gasteiger partial charge is 0.338 e.